The number of benzene rings is 1. The van der Waals surface area contributed by atoms with E-state index in [-0.39, 0.29) is 5.37 Å². The summed E-state index contributed by atoms with van der Waals surface area (Å²) in [5.74, 6) is 0. The zero-order valence-electron chi connectivity index (χ0n) is 7.43. The van der Waals surface area contributed by atoms with Crippen molar-refractivity contribution < 1.29 is 4.79 Å². The minimum atomic E-state index is 0.287. The van der Waals surface area contributed by atoms with Crippen LogP contribution in [0.15, 0.2) is 29.2 Å². The summed E-state index contributed by atoms with van der Waals surface area (Å²) in [7, 11) is 2.03. The summed E-state index contributed by atoms with van der Waals surface area (Å²) in [5, 5.41) is 0.287. The van der Waals surface area contributed by atoms with Gasteiger partial charge in [0.25, 0.3) is 0 Å². The van der Waals surface area contributed by atoms with Gasteiger partial charge in [-0.05, 0) is 12.1 Å². The van der Waals surface area contributed by atoms with Crippen LogP contribution in [0.1, 0.15) is 6.42 Å². The van der Waals surface area contributed by atoms with Gasteiger partial charge in [0.2, 0.25) is 0 Å². The van der Waals surface area contributed by atoms with E-state index in [1.807, 2.05) is 19.2 Å². The second kappa shape index (κ2) is 3.42. The number of para-hydroxylation sites is 1. The highest BCUT2D eigenvalue weighted by Gasteiger charge is 2.25. The number of hydrogen-bond acceptors (Lipinski definition) is 3. The largest absolute Gasteiger partial charge is 0.361 e. The van der Waals surface area contributed by atoms with Crippen molar-refractivity contribution >= 4 is 23.7 Å². The van der Waals surface area contributed by atoms with Crippen LogP contribution in [0.25, 0.3) is 0 Å². The van der Waals surface area contributed by atoms with Gasteiger partial charge < -0.3 is 9.69 Å². The van der Waals surface area contributed by atoms with Crippen LogP contribution in [0.4, 0.5) is 5.69 Å². The maximum absolute atomic E-state index is 10.4. The van der Waals surface area contributed by atoms with Crippen molar-refractivity contribution in [2.45, 2.75) is 16.7 Å². The summed E-state index contributed by atoms with van der Waals surface area (Å²) < 4.78 is 0. The Hall–Kier alpha value is -0.960. The molecule has 0 radical (unpaired) electrons. The predicted molar refractivity (Wildman–Crippen MR) is 55.2 cm³/mol. The van der Waals surface area contributed by atoms with Crippen LogP contribution >= 0.6 is 11.8 Å². The molecule has 1 aromatic rings. The highest BCUT2D eigenvalue weighted by Crippen LogP contribution is 2.42. The molecule has 0 saturated heterocycles. The molecular weight excluding hydrogens is 182 g/mol. The molecule has 2 rings (SSSR count). The smallest absolute Gasteiger partial charge is 0.122 e. The van der Waals surface area contributed by atoms with Crippen LogP contribution in [0.3, 0.4) is 0 Å². The number of aldehydes is 1. The molecule has 1 unspecified atom stereocenters. The fourth-order valence-corrected chi connectivity index (χ4v) is 2.75. The Labute approximate surface area is 81.9 Å². The molecular formula is C10H11NOS. The number of nitrogens with zero attached hydrogens (tertiary/aromatic N) is 1. The van der Waals surface area contributed by atoms with Crippen LogP contribution in [-0.2, 0) is 4.79 Å². The number of hydrogen-bond donors (Lipinski definition) is 0. The number of thioether (sulfide) groups is 1. The molecule has 1 aliphatic rings. The maximum Gasteiger partial charge on any atom is 0.122 e. The molecule has 2 nitrogen and oxygen atoms in total. The lowest BCUT2D eigenvalue weighted by Crippen LogP contribution is -2.24. The van der Waals surface area contributed by atoms with Crippen molar-refractivity contribution in [3.05, 3.63) is 24.3 Å². The lowest BCUT2D eigenvalue weighted by atomic mass is 10.3. The molecule has 0 amide bonds. The predicted octanol–water partition coefficient (Wildman–Crippen LogP) is 2.14. The van der Waals surface area contributed by atoms with E-state index >= 15 is 0 Å². The Morgan fingerprint density at radius 3 is 3.00 bits per heavy atom. The zero-order valence-corrected chi connectivity index (χ0v) is 8.25. The molecule has 1 heterocycles. The Bertz CT molecular complexity index is 326. The van der Waals surface area contributed by atoms with E-state index in [1.54, 1.807) is 11.8 Å². The molecule has 0 bridgehead atoms. The van der Waals surface area contributed by atoms with Crippen molar-refractivity contribution in [1.82, 2.24) is 0 Å². The summed E-state index contributed by atoms with van der Waals surface area (Å²) in [5.41, 5.74) is 1.24. The van der Waals surface area contributed by atoms with Gasteiger partial charge in [-0.25, -0.2) is 0 Å². The van der Waals surface area contributed by atoms with Crippen LogP contribution in [0.2, 0.25) is 0 Å². The number of fused-ring (bicyclic) bond motifs is 1. The van der Waals surface area contributed by atoms with E-state index in [2.05, 4.69) is 17.0 Å². The van der Waals surface area contributed by atoms with E-state index in [4.69, 9.17) is 0 Å². The van der Waals surface area contributed by atoms with Crippen LogP contribution < -0.4 is 4.90 Å². The van der Waals surface area contributed by atoms with Crippen LogP contribution in [-0.4, -0.2) is 18.7 Å². The Kier molecular flexibility index (Phi) is 2.27. The van der Waals surface area contributed by atoms with Gasteiger partial charge in [-0.1, -0.05) is 23.9 Å². The van der Waals surface area contributed by atoms with Gasteiger partial charge in [0.15, 0.2) is 0 Å². The minimum absolute atomic E-state index is 0.287. The first kappa shape index (κ1) is 8.63. The lowest BCUT2D eigenvalue weighted by molar-refractivity contribution is -0.107. The molecule has 1 aromatic carbocycles. The Balaban J connectivity index is 2.27. The van der Waals surface area contributed by atoms with Crippen molar-refractivity contribution in [2.75, 3.05) is 11.9 Å². The average molecular weight is 193 g/mol. The molecule has 1 aliphatic heterocycles. The summed E-state index contributed by atoms with van der Waals surface area (Å²) in [6, 6.07) is 8.25. The van der Waals surface area contributed by atoms with Gasteiger partial charge >= 0.3 is 0 Å². The topological polar surface area (TPSA) is 20.3 Å². The summed E-state index contributed by atoms with van der Waals surface area (Å²) in [4.78, 5) is 13.9. The SMILES string of the molecule is CN1c2ccccc2SC1CC=O. The highest BCUT2D eigenvalue weighted by atomic mass is 32.2. The molecule has 3 heteroatoms. The highest BCUT2D eigenvalue weighted by molar-refractivity contribution is 8.00. The second-order valence-corrected chi connectivity index (χ2v) is 4.27. The Morgan fingerprint density at radius 1 is 1.54 bits per heavy atom. The zero-order chi connectivity index (χ0) is 9.26. The van der Waals surface area contributed by atoms with E-state index in [1.165, 1.54) is 10.6 Å². The monoisotopic (exact) mass is 193 g/mol. The van der Waals surface area contributed by atoms with Gasteiger partial charge in [-0.2, -0.15) is 0 Å². The molecule has 68 valence electrons. The summed E-state index contributed by atoms with van der Waals surface area (Å²) >= 11 is 1.76. The van der Waals surface area contributed by atoms with Gasteiger partial charge in [-0.3, -0.25) is 0 Å². The van der Waals surface area contributed by atoms with Crippen molar-refractivity contribution in [2.24, 2.45) is 0 Å². The fraction of sp³-hybridized carbons (Fsp3) is 0.300. The molecule has 0 saturated carbocycles. The second-order valence-electron chi connectivity index (χ2n) is 3.05. The third-order valence-corrected chi connectivity index (χ3v) is 3.62. The number of carbonyl (C=O) groups is 1. The van der Waals surface area contributed by atoms with Crippen molar-refractivity contribution in [1.29, 1.82) is 0 Å². The van der Waals surface area contributed by atoms with E-state index in [0.29, 0.717) is 6.42 Å². The van der Waals surface area contributed by atoms with Crippen molar-refractivity contribution in [3.63, 3.8) is 0 Å². The summed E-state index contributed by atoms with van der Waals surface area (Å²) in [6.07, 6.45) is 1.58. The van der Waals surface area contributed by atoms with Gasteiger partial charge in [0.05, 0.1) is 11.1 Å². The Morgan fingerprint density at radius 2 is 2.31 bits per heavy atom. The lowest BCUT2D eigenvalue weighted by Gasteiger charge is -2.18. The molecule has 0 aromatic heterocycles. The first-order valence-electron chi connectivity index (χ1n) is 4.25. The minimum Gasteiger partial charge on any atom is -0.361 e. The molecule has 0 fully saturated rings. The standard InChI is InChI=1S/C10H11NOS/c1-11-8-4-2-3-5-9(8)13-10(11)6-7-12/h2-5,7,10H,6H2,1H3. The molecule has 0 spiro atoms. The van der Waals surface area contributed by atoms with E-state index in [0.717, 1.165) is 6.29 Å². The maximum atomic E-state index is 10.4. The van der Waals surface area contributed by atoms with Crippen molar-refractivity contribution in [3.8, 4) is 0 Å². The normalized spacial score (nSPS) is 20.1. The first-order valence-corrected chi connectivity index (χ1v) is 5.13. The van der Waals surface area contributed by atoms with E-state index in [9.17, 15) is 4.79 Å². The molecule has 0 N–H and O–H groups in total. The average Bonchev–Trinajstić information content (AvgIpc) is 2.46. The number of carbonyl (C=O) groups excluding carboxylic acids is 1. The first-order chi connectivity index (χ1) is 6.33. The van der Waals surface area contributed by atoms with Gasteiger partial charge in [0, 0.05) is 18.4 Å². The van der Waals surface area contributed by atoms with Gasteiger partial charge in [0.1, 0.15) is 6.29 Å². The number of rotatable bonds is 2. The molecule has 1 atom stereocenters. The fourth-order valence-electron chi connectivity index (χ4n) is 1.52. The quantitative estimate of drug-likeness (QED) is 0.671. The molecule has 0 aliphatic carbocycles. The number of anilines is 1. The summed E-state index contributed by atoms with van der Waals surface area (Å²) in [6.45, 7) is 0. The van der Waals surface area contributed by atoms with E-state index < -0.39 is 0 Å². The van der Waals surface area contributed by atoms with Gasteiger partial charge in [-0.15, -0.1) is 0 Å². The molecule has 13 heavy (non-hydrogen) atoms. The van der Waals surface area contributed by atoms with Crippen LogP contribution in [0.5, 0.6) is 0 Å². The third-order valence-electron chi connectivity index (χ3n) is 2.24. The third kappa shape index (κ3) is 1.44. The van der Waals surface area contributed by atoms with Crippen LogP contribution in [0, 0.1) is 0 Å².